The summed E-state index contributed by atoms with van der Waals surface area (Å²) in [6.07, 6.45) is 5.86. The molecule has 0 radical (unpaired) electrons. The van der Waals surface area contributed by atoms with Crippen molar-refractivity contribution < 1.29 is 4.79 Å². The fourth-order valence-corrected chi connectivity index (χ4v) is 4.34. The van der Waals surface area contributed by atoms with Gasteiger partial charge in [-0.1, -0.05) is 6.42 Å². The van der Waals surface area contributed by atoms with E-state index in [-0.39, 0.29) is 18.0 Å². The highest BCUT2D eigenvalue weighted by Crippen LogP contribution is 2.37. The topological polar surface area (TPSA) is 71.8 Å². The van der Waals surface area contributed by atoms with Gasteiger partial charge in [0.1, 0.15) is 5.82 Å². The number of fused-ring (bicyclic) bond motifs is 2. The molecule has 1 aromatic heterocycles. The summed E-state index contributed by atoms with van der Waals surface area (Å²) in [7, 11) is 0. The molecule has 0 bridgehead atoms. The van der Waals surface area contributed by atoms with Crippen LogP contribution in [0.15, 0.2) is 0 Å². The van der Waals surface area contributed by atoms with Gasteiger partial charge in [-0.05, 0) is 44.6 Å². The number of rotatable bonds is 3. The van der Waals surface area contributed by atoms with E-state index in [4.69, 9.17) is 0 Å². The van der Waals surface area contributed by atoms with E-state index in [1.54, 1.807) is 0 Å². The largest absolute Gasteiger partial charge is 0.345 e. The standard InChI is InChI=1S/C15H23N5O/c1-9(14-19-18-12-6-3-7-20(12)14)17-15(21)13-11-5-2-4-10(11)8-16-13/h9-11,13,16H,2-8H2,1H3,(H,17,21). The molecule has 4 rings (SSSR count). The minimum absolute atomic E-state index is 0.0130. The number of hydrogen-bond donors (Lipinski definition) is 2. The van der Waals surface area contributed by atoms with E-state index in [1.165, 1.54) is 19.3 Å². The van der Waals surface area contributed by atoms with Crippen LogP contribution < -0.4 is 10.6 Å². The Bertz CT molecular complexity index is 554. The molecular formula is C15H23N5O. The van der Waals surface area contributed by atoms with Crippen molar-refractivity contribution in [2.75, 3.05) is 6.54 Å². The minimum Gasteiger partial charge on any atom is -0.345 e. The van der Waals surface area contributed by atoms with Crippen molar-refractivity contribution in [1.82, 2.24) is 25.4 Å². The number of carbonyl (C=O) groups excluding carboxylic acids is 1. The molecule has 1 aliphatic carbocycles. The number of nitrogens with zero attached hydrogens (tertiary/aromatic N) is 3. The van der Waals surface area contributed by atoms with Crippen LogP contribution in [-0.2, 0) is 17.8 Å². The lowest BCUT2D eigenvalue weighted by Gasteiger charge is -2.21. The summed E-state index contributed by atoms with van der Waals surface area (Å²) in [5.41, 5.74) is 0. The fraction of sp³-hybridized carbons (Fsp3) is 0.800. The molecule has 1 amide bonds. The number of amides is 1. The maximum absolute atomic E-state index is 12.6. The molecule has 0 aromatic carbocycles. The van der Waals surface area contributed by atoms with Crippen molar-refractivity contribution in [3.63, 3.8) is 0 Å². The molecular weight excluding hydrogens is 266 g/mol. The van der Waals surface area contributed by atoms with Crippen molar-refractivity contribution in [2.24, 2.45) is 11.8 Å². The fourth-order valence-electron chi connectivity index (χ4n) is 4.34. The van der Waals surface area contributed by atoms with E-state index >= 15 is 0 Å². The summed E-state index contributed by atoms with van der Waals surface area (Å²) in [6, 6.07) is -0.0833. The molecule has 0 spiro atoms. The number of aromatic nitrogens is 3. The van der Waals surface area contributed by atoms with Crippen molar-refractivity contribution >= 4 is 5.91 Å². The Kier molecular flexibility index (Phi) is 3.21. The molecule has 2 fully saturated rings. The highest BCUT2D eigenvalue weighted by Gasteiger charge is 2.42. The maximum Gasteiger partial charge on any atom is 0.238 e. The van der Waals surface area contributed by atoms with Crippen molar-refractivity contribution in [2.45, 2.75) is 57.7 Å². The average Bonchev–Trinajstić information content (AvgIpc) is 3.18. The third kappa shape index (κ3) is 2.16. The van der Waals surface area contributed by atoms with Crippen LogP contribution in [0.25, 0.3) is 0 Å². The molecule has 3 aliphatic rings. The van der Waals surface area contributed by atoms with Crippen LogP contribution in [0.2, 0.25) is 0 Å². The first-order valence-electron chi connectivity index (χ1n) is 8.20. The molecule has 1 saturated carbocycles. The lowest BCUT2D eigenvalue weighted by atomic mass is 9.93. The van der Waals surface area contributed by atoms with E-state index in [2.05, 4.69) is 25.4 Å². The zero-order valence-corrected chi connectivity index (χ0v) is 12.5. The molecule has 4 unspecified atom stereocenters. The predicted octanol–water partition coefficient (Wildman–Crippen LogP) is 0.790. The van der Waals surface area contributed by atoms with Crippen LogP contribution in [0.4, 0.5) is 0 Å². The van der Waals surface area contributed by atoms with Gasteiger partial charge < -0.3 is 15.2 Å². The normalized spacial score (nSPS) is 32.0. The lowest BCUT2D eigenvalue weighted by molar-refractivity contribution is -0.124. The van der Waals surface area contributed by atoms with Gasteiger partial charge in [-0.3, -0.25) is 4.79 Å². The van der Waals surface area contributed by atoms with Crippen LogP contribution in [0.1, 0.15) is 50.3 Å². The SMILES string of the molecule is CC(NC(=O)C1NCC2CCCC21)c1nnc2n1CCC2. The predicted molar refractivity (Wildman–Crippen MR) is 77.5 cm³/mol. The van der Waals surface area contributed by atoms with Crippen LogP contribution >= 0.6 is 0 Å². The van der Waals surface area contributed by atoms with Crippen LogP contribution in [0.5, 0.6) is 0 Å². The van der Waals surface area contributed by atoms with Gasteiger partial charge in [0.15, 0.2) is 5.82 Å². The summed E-state index contributed by atoms with van der Waals surface area (Å²) in [4.78, 5) is 12.6. The summed E-state index contributed by atoms with van der Waals surface area (Å²) < 4.78 is 2.16. The molecule has 6 nitrogen and oxygen atoms in total. The van der Waals surface area contributed by atoms with Gasteiger partial charge in [-0.25, -0.2) is 0 Å². The van der Waals surface area contributed by atoms with E-state index in [0.29, 0.717) is 11.8 Å². The van der Waals surface area contributed by atoms with Crippen LogP contribution in [-0.4, -0.2) is 33.3 Å². The highest BCUT2D eigenvalue weighted by atomic mass is 16.2. The lowest BCUT2D eigenvalue weighted by Crippen LogP contribution is -2.45. The summed E-state index contributed by atoms with van der Waals surface area (Å²) in [5.74, 6) is 3.32. The molecule has 1 aromatic rings. The zero-order valence-electron chi connectivity index (χ0n) is 12.5. The molecule has 3 heterocycles. The molecule has 6 heteroatoms. The minimum atomic E-state index is -0.0703. The number of hydrogen-bond acceptors (Lipinski definition) is 4. The number of nitrogens with one attached hydrogen (secondary N) is 2. The van der Waals surface area contributed by atoms with Gasteiger partial charge in [0.2, 0.25) is 5.91 Å². The Balaban J connectivity index is 1.44. The van der Waals surface area contributed by atoms with E-state index in [9.17, 15) is 4.79 Å². The molecule has 4 atom stereocenters. The molecule has 114 valence electrons. The van der Waals surface area contributed by atoms with E-state index < -0.39 is 0 Å². The Morgan fingerprint density at radius 1 is 1.38 bits per heavy atom. The number of aryl methyl sites for hydroxylation is 1. The molecule has 2 aliphatic heterocycles. The molecule has 1 saturated heterocycles. The summed E-state index contributed by atoms with van der Waals surface area (Å²) >= 11 is 0. The highest BCUT2D eigenvalue weighted by molar-refractivity contribution is 5.82. The first-order valence-corrected chi connectivity index (χ1v) is 8.20. The van der Waals surface area contributed by atoms with Gasteiger partial charge in [0.05, 0.1) is 12.1 Å². The second-order valence-electron chi connectivity index (χ2n) is 6.70. The van der Waals surface area contributed by atoms with Gasteiger partial charge in [0.25, 0.3) is 0 Å². The van der Waals surface area contributed by atoms with Gasteiger partial charge in [-0.2, -0.15) is 0 Å². The first kappa shape index (κ1) is 13.2. The van der Waals surface area contributed by atoms with Gasteiger partial charge in [-0.15, -0.1) is 10.2 Å². The summed E-state index contributed by atoms with van der Waals surface area (Å²) in [6.45, 7) is 3.98. The summed E-state index contributed by atoms with van der Waals surface area (Å²) in [5, 5.41) is 15.0. The second kappa shape index (κ2) is 5.09. The van der Waals surface area contributed by atoms with Crippen molar-refractivity contribution in [3.8, 4) is 0 Å². The van der Waals surface area contributed by atoms with Crippen molar-refractivity contribution in [3.05, 3.63) is 11.6 Å². The third-order valence-corrected chi connectivity index (χ3v) is 5.41. The van der Waals surface area contributed by atoms with E-state index in [0.717, 1.165) is 37.6 Å². The quantitative estimate of drug-likeness (QED) is 0.863. The van der Waals surface area contributed by atoms with Crippen molar-refractivity contribution in [1.29, 1.82) is 0 Å². The Morgan fingerprint density at radius 3 is 3.19 bits per heavy atom. The number of carbonyl (C=O) groups is 1. The second-order valence-corrected chi connectivity index (χ2v) is 6.70. The molecule has 21 heavy (non-hydrogen) atoms. The van der Waals surface area contributed by atoms with Crippen LogP contribution in [0, 0.1) is 11.8 Å². The zero-order chi connectivity index (χ0) is 14.4. The monoisotopic (exact) mass is 289 g/mol. The Hall–Kier alpha value is -1.43. The smallest absolute Gasteiger partial charge is 0.238 e. The molecule has 2 N–H and O–H groups in total. The Labute approximate surface area is 124 Å². The van der Waals surface area contributed by atoms with Gasteiger partial charge in [0, 0.05) is 13.0 Å². The van der Waals surface area contributed by atoms with Crippen LogP contribution in [0.3, 0.4) is 0 Å². The van der Waals surface area contributed by atoms with E-state index in [1.807, 2.05) is 6.92 Å². The first-order chi connectivity index (χ1) is 10.2. The Morgan fingerprint density at radius 2 is 2.29 bits per heavy atom. The maximum atomic E-state index is 12.6. The average molecular weight is 289 g/mol. The van der Waals surface area contributed by atoms with Gasteiger partial charge >= 0.3 is 0 Å². The third-order valence-electron chi connectivity index (χ3n) is 5.41.